The topological polar surface area (TPSA) is 118 Å². The van der Waals surface area contributed by atoms with Gasteiger partial charge >= 0.3 is 0 Å². The second-order valence-corrected chi connectivity index (χ2v) is 6.17. The van der Waals surface area contributed by atoms with Crippen LogP contribution >= 0.6 is 0 Å². The van der Waals surface area contributed by atoms with Gasteiger partial charge in [0, 0.05) is 35.6 Å². The summed E-state index contributed by atoms with van der Waals surface area (Å²) in [7, 11) is 0. The van der Waals surface area contributed by atoms with Crippen molar-refractivity contribution in [2.45, 2.75) is 12.8 Å². The molecule has 0 radical (unpaired) electrons. The Balaban J connectivity index is 1.88. The molecule has 0 saturated heterocycles. The molecule has 0 aliphatic heterocycles. The third-order valence-corrected chi connectivity index (χ3v) is 4.35. The maximum atomic E-state index is 13.4. The largest absolute Gasteiger partial charge is 0.368 e. The zero-order valence-electron chi connectivity index (χ0n) is 15.0. The average molecular weight is 376 g/mol. The van der Waals surface area contributed by atoms with Gasteiger partial charge in [-0.05, 0) is 17.7 Å². The number of hydrogen-bond donors (Lipinski definition) is 3. The number of aromatic nitrogens is 6. The highest BCUT2D eigenvalue weighted by Crippen LogP contribution is 2.37. The summed E-state index contributed by atoms with van der Waals surface area (Å²) in [4.78, 5) is 17.1. The summed E-state index contributed by atoms with van der Waals surface area (Å²) >= 11 is 0. The zero-order chi connectivity index (χ0) is 19.5. The number of halogens is 1. The molecule has 0 spiro atoms. The van der Waals surface area contributed by atoms with Gasteiger partial charge in [0.2, 0.25) is 5.95 Å². The fourth-order valence-corrected chi connectivity index (χ4v) is 3.00. The molecular formula is C19H17FN8. The lowest BCUT2D eigenvalue weighted by Crippen LogP contribution is -2.11. The van der Waals surface area contributed by atoms with E-state index in [0.717, 1.165) is 16.7 Å². The lowest BCUT2D eigenvalue weighted by molar-refractivity contribution is 0.626. The summed E-state index contributed by atoms with van der Waals surface area (Å²) in [5, 5.41) is 9.96. The monoisotopic (exact) mass is 376 g/mol. The standard InChI is InChI=1S/C19H17FN8/c1-11(12-2-4-14(20)5-3-12)16-17(13-8-24-25-9-13)27-19(21)28-18(16)26-15-10-22-6-7-23-15/h2-11H,1H3,(H,24,25)(H3,21,23,26,27,28). The molecule has 3 aromatic heterocycles. The minimum atomic E-state index is -0.294. The number of rotatable bonds is 5. The third kappa shape index (κ3) is 3.50. The van der Waals surface area contributed by atoms with Gasteiger partial charge in [-0.25, -0.2) is 14.4 Å². The Bertz CT molecular complexity index is 1070. The quantitative estimate of drug-likeness (QED) is 0.489. The van der Waals surface area contributed by atoms with E-state index in [2.05, 4.69) is 35.5 Å². The Kier molecular flexibility index (Phi) is 4.63. The van der Waals surface area contributed by atoms with Crippen molar-refractivity contribution in [3.05, 3.63) is 72.2 Å². The summed E-state index contributed by atoms with van der Waals surface area (Å²) < 4.78 is 13.4. The molecule has 1 atom stereocenters. The van der Waals surface area contributed by atoms with E-state index >= 15 is 0 Å². The molecule has 0 amide bonds. The van der Waals surface area contributed by atoms with Crippen molar-refractivity contribution in [1.82, 2.24) is 30.1 Å². The molecule has 1 aromatic carbocycles. The molecule has 8 nitrogen and oxygen atoms in total. The molecule has 140 valence electrons. The number of nitrogens with one attached hydrogen (secondary N) is 2. The van der Waals surface area contributed by atoms with Crippen LogP contribution in [0.3, 0.4) is 0 Å². The Hall–Kier alpha value is -3.88. The lowest BCUT2D eigenvalue weighted by Gasteiger charge is -2.20. The van der Waals surface area contributed by atoms with Crippen LogP contribution in [0.4, 0.5) is 22.0 Å². The normalized spacial score (nSPS) is 11.9. The highest BCUT2D eigenvalue weighted by Gasteiger charge is 2.23. The first-order valence-electron chi connectivity index (χ1n) is 8.57. The van der Waals surface area contributed by atoms with Crippen molar-refractivity contribution < 1.29 is 4.39 Å². The molecule has 4 aromatic rings. The Morgan fingerprint density at radius 3 is 2.61 bits per heavy atom. The summed E-state index contributed by atoms with van der Waals surface area (Å²) in [6.07, 6.45) is 8.14. The Morgan fingerprint density at radius 1 is 1.11 bits per heavy atom. The maximum Gasteiger partial charge on any atom is 0.222 e. The average Bonchev–Trinajstić information content (AvgIpc) is 3.23. The minimum Gasteiger partial charge on any atom is -0.368 e. The van der Waals surface area contributed by atoms with Gasteiger partial charge in [-0.3, -0.25) is 10.1 Å². The molecule has 1 unspecified atom stereocenters. The van der Waals surface area contributed by atoms with Crippen molar-refractivity contribution in [3.63, 3.8) is 0 Å². The number of benzene rings is 1. The molecule has 4 rings (SSSR count). The number of nitrogen functional groups attached to an aromatic ring is 1. The van der Waals surface area contributed by atoms with Crippen molar-refractivity contribution in [2.75, 3.05) is 11.1 Å². The Labute approximate surface area is 160 Å². The van der Waals surface area contributed by atoms with Gasteiger partial charge in [-0.1, -0.05) is 19.1 Å². The van der Waals surface area contributed by atoms with Crippen molar-refractivity contribution in [2.24, 2.45) is 0 Å². The molecular weight excluding hydrogens is 359 g/mol. The summed E-state index contributed by atoms with van der Waals surface area (Å²) in [6.45, 7) is 1.99. The SMILES string of the molecule is CC(c1ccc(F)cc1)c1c(Nc2cnccn2)nc(N)nc1-c1cn[nH]c1. The molecule has 28 heavy (non-hydrogen) atoms. The van der Waals surface area contributed by atoms with Gasteiger partial charge in [0.15, 0.2) is 0 Å². The summed E-state index contributed by atoms with van der Waals surface area (Å²) in [6, 6.07) is 6.33. The van der Waals surface area contributed by atoms with Crippen LogP contribution in [0.1, 0.15) is 24.0 Å². The highest BCUT2D eigenvalue weighted by molar-refractivity contribution is 5.73. The molecule has 4 N–H and O–H groups in total. The van der Waals surface area contributed by atoms with Crippen molar-refractivity contribution >= 4 is 17.6 Å². The first kappa shape index (κ1) is 17.5. The number of aromatic amines is 1. The molecule has 0 fully saturated rings. The van der Waals surface area contributed by atoms with Gasteiger partial charge in [0.25, 0.3) is 0 Å². The van der Waals surface area contributed by atoms with Gasteiger partial charge < -0.3 is 11.1 Å². The second kappa shape index (κ2) is 7.39. The number of nitrogens with two attached hydrogens (primary N) is 1. The fraction of sp³-hybridized carbons (Fsp3) is 0.105. The second-order valence-electron chi connectivity index (χ2n) is 6.17. The molecule has 9 heteroatoms. The fourth-order valence-electron chi connectivity index (χ4n) is 3.00. The zero-order valence-corrected chi connectivity index (χ0v) is 15.0. The minimum absolute atomic E-state index is 0.109. The van der Waals surface area contributed by atoms with Crippen LogP contribution in [0.25, 0.3) is 11.3 Å². The summed E-state index contributed by atoms with van der Waals surface area (Å²) in [5.74, 6) is 0.674. The number of anilines is 3. The molecule has 0 aliphatic carbocycles. The highest BCUT2D eigenvalue weighted by atomic mass is 19.1. The van der Waals surface area contributed by atoms with E-state index in [1.807, 2.05) is 6.92 Å². The van der Waals surface area contributed by atoms with Gasteiger partial charge in [0.05, 0.1) is 18.1 Å². The third-order valence-electron chi connectivity index (χ3n) is 4.35. The Morgan fingerprint density at radius 2 is 1.93 bits per heavy atom. The smallest absolute Gasteiger partial charge is 0.222 e. The van der Waals surface area contributed by atoms with Gasteiger partial charge in [-0.2, -0.15) is 10.1 Å². The van der Waals surface area contributed by atoms with Crippen molar-refractivity contribution in [3.8, 4) is 11.3 Å². The first-order valence-corrected chi connectivity index (χ1v) is 8.57. The van der Waals surface area contributed by atoms with Crippen LogP contribution in [0.2, 0.25) is 0 Å². The number of hydrogen-bond acceptors (Lipinski definition) is 7. The maximum absolute atomic E-state index is 13.4. The first-order chi connectivity index (χ1) is 13.6. The van der Waals surface area contributed by atoms with Crippen LogP contribution < -0.4 is 11.1 Å². The van der Waals surface area contributed by atoms with E-state index in [-0.39, 0.29) is 17.7 Å². The van der Waals surface area contributed by atoms with E-state index < -0.39 is 0 Å². The predicted octanol–water partition coefficient (Wildman–Crippen LogP) is 3.27. The van der Waals surface area contributed by atoms with Crippen LogP contribution in [0.15, 0.2) is 55.2 Å². The van der Waals surface area contributed by atoms with E-state index in [1.165, 1.54) is 12.1 Å². The molecule has 0 saturated carbocycles. The van der Waals surface area contributed by atoms with Crippen LogP contribution in [-0.2, 0) is 0 Å². The molecule has 3 heterocycles. The predicted molar refractivity (Wildman–Crippen MR) is 103 cm³/mol. The molecule has 0 aliphatic rings. The van der Waals surface area contributed by atoms with Crippen LogP contribution in [0, 0.1) is 5.82 Å². The van der Waals surface area contributed by atoms with E-state index in [1.54, 1.807) is 43.1 Å². The van der Waals surface area contributed by atoms with E-state index in [0.29, 0.717) is 17.3 Å². The number of nitrogens with zero attached hydrogens (tertiary/aromatic N) is 5. The van der Waals surface area contributed by atoms with E-state index in [9.17, 15) is 4.39 Å². The van der Waals surface area contributed by atoms with Crippen LogP contribution in [-0.4, -0.2) is 30.1 Å². The summed E-state index contributed by atoms with van der Waals surface area (Å²) in [5.41, 5.74) is 9.05. The van der Waals surface area contributed by atoms with Gasteiger partial charge in [0.1, 0.15) is 17.5 Å². The number of H-pyrrole nitrogens is 1. The van der Waals surface area contributed by atoms with E-state index in [4.69, 9.17) is 5.73 Å². The molecule has 0 bridgehead atoms. The lowest BCUT2D eigenvalue weighted by atomic mass is 9.90. The van der Waals surface area contributed by atoms with Gasteiger partial charge in [-0.15, -0.1) is 0 Å². The van der Waals surface area contributed by atoms with Crippen molar-refractivity contribution in [1.29, 1.82) is 0 Å². The van der Waals surface area contributed by atoms with Crippen LogP contribution in [0.5, 0.6) is 0 Å².